The van der Waals surface area contributed by atoms with Gasteiger partial charge >= 0.3 is 0 Å². The first-order valence-electron chi connectivity index (χ1n) is 9.92. The maximum atomic E-state index is 12.7. The minimum atomic E-state index is 0.00521. The fourth-order valence-corrected chi connectivity index (χ4v) is 4.18. The Hall–Kier alpha value is -1.95. The van der Waals surface area contributed by atoms with Gasteiger partial charge in [0.25, 0.3) is 5.91 Å². The number of ether oxygens (including phenoxy) is 1. The molecule has 2 aliphatic rings. The molecule has 0 radical (unpaired) electrons. The van der Waals surface area contributed by atoms with Gasteiger partial charge in [-0.25, -0.2) is 9.97 Å². The lowest BCUT2D eigenvalue weighted by Gasteiger charge is -2.25. The van der Waals surface area contributed by atoms with Crippen molar-refractivity contribution in [3.8, 4) is 0 Å². The van der Waals surface area contributed by atoms with Crippen LogP contribution in [0.5, 0.6) is 0 Å². The summed E-state index contributed by atoms with van der Waals surface area (Å²) in [6, 6.07) is 2.39. The summed E-state index contributed by atoms with van der Waals surface area (Å²) in [7, 11) is 1.85. The van der Waals surface area contributed by atoms with Crippen LogP contribution in [0.1, 0.15) is 67.8 Å². The number of rotatable bonds is 5. The molecule has 0 spiro atoms. The summed E-state index contributed by atoms with van der Waals surface area (Å²) < 4.78 is 7.94. The minimum Gasteiger partial charge on any atom is -0.378 e. The van der Waals surface area contributed by atoms with Crippen LogP contribution >= 0.6 is 0 Å². The molecule has 140 valence electrons. The van der Waals surface area contributed by atoms with E-state index in [-0.39, 0.29) is 5.91 Å². The number of amides is 1. The zero-order valence-corrected chi connectivity index (χ0v) is 15.6. The predicted molar refractivity (Wildman–Crippen MR) is 100 cm³/mol. The number of nitrogens with zero attached hydrogens (tertiary/aromatic N) is 4. The summed E-state index contributed by atoms with van der Waals surface area (Å²) in [4.78, 5) is 23.6. The van der Waals surface area contributed by atoms with Gasteiger partial charge in [0, 0.05) is 32.4 Å². The van der Waals surface area contributed by atoms with Gasteiger partial charge in [-0.05, 0) is 44.6 Å². The number of hydrogen-bond donors (Lipinski definition) is 0. The number of carbonyl (C=O) groups excluding carboxylic acids is 1. The Morgan fingerprint density at radius 3 is 2.81 bits per heavy atom. The van der Waals surface area contributed by atoms with Gasteiger partial charge in [0.2, 0.25) is 0 Å². The molecule has 1 saturated carbocycles. The third kappa shape index (κ3) is 3.61. The maximum Gasteiger partial charge on any atom is 0.255 e. The highest BCUT2D eigenvalue weighted by Crippen LogP contribution is 2.31. The van der Waals surface area contributed by atoms with Gasteiger partial charge in [-0.15, -0.1) is 0 Å². The van der Waals surface area contributed by atoms with E-state index in [1.54, 1.807) is 11.1 Å². The SMILES string of the molecule is CN(CCC1CCCCO1)C(=O)c1cnc2c(c1)ncn2C1CCCC1. The minimum absolute atomic E-state index is 0.00521. The van der Waals surface area contributed by atoms with E-state index in [1.165, 1.54) is 32.1 Å². The lowest BCUT2D eigenvalue weighted by Crippen LogP contribution is -2.31. The van der Waals surface area contributed by atoms with Crippen LogP contribution in [0.4, 0.5) is 0 Å². The Morgan fingerprint density at radius 1 is 1.23 bits per heavy atom. The average Bonchev–Trinajstić information content (AvgIpc) is 3.35. The second-order valence-electron chi connectivity index (χ2n) is 7.66. The van der Waals surface area contributed by atoms with Crippen molar-refractivity contribution in [2.75, 3.05) is 20.2 Å². The summed E-state index contributed by atoms with van der Waals surface area (Å²) in [6.07, 6.45) is 13.2. The third-order valence-electron chi connectivity index (χ3n) is 5.79. The molecule has 6 heteroatoms. The first-order valence-corrected chi connectivity index (χ1v) is 9.92. The smallest absolute Gasteiger partial charge is 0.255 e. The first kappa shape index (κ1) is 17.5. The summed E-state index contributed by atoms with van der Waals surface area (Å²) in [5.74, 6) is 0.00521. The summed E-state index contributed by atoms with van der Waals surface area (Å²) in [6.45, 7) is 1.56. The van der Waals surface area contributed by atoms with Gasteiger partial charge in [0.1, 0.15) is 5.52 Å². The van der Waals surface area contributed by atoms with Gasteiger partial charge in [0.05, 0.1) is 18.0 Å². The number of aromatic nitrogens is 3. The molecule has 1 saturated heterocycles. The van der Waals surface area contributed by atoms with E-state index in [9.17, 15) is 4.79 Å². The van der Waals surface area contributed by atoms with Crippen LogP contribution in [0.25, 0.3) is 11.2 Å². The number of imidazole rings is 1. The Morgan fingerprint density at radius 2 is 2.04 bits per heavy atom. The summed E-state index contributed by atoms with van der Waals surface area (Å²) >= 11 is 0. The quantitative estimate of drug-likeness (QED) is 0.822. The zero-order chi connectivity index (χ0) is 17.9. The monoisotopic (exact) mass is 356 g/mol. The Balaban J connectivity index is 1.42. The standard InChI is InChI=1S/C20H28N4O2/c1-23(10-9-17-8-4-5-11-26-17)20(25)15-12-18-19(21-13-15)24(14-22-18)16-6-2-3-7-16/h12-14,16-17H,2-11H2,1H3. The topological polar surface area (TPSA) is 60.2 Å². The molecule has 6 nitrogen and oxygen atoms in total. The molecule has 1 unspecified atom stereocenters. The molecular formula is C20H28N4O2. The van der Waals surface area contributed by atoms with Gasteiger partial charge in [-0.3, -0.25) is 4.79 Å². The molecule has 4 rings (SSSR count). The van der Waals surface area contributed by atoms with Crippen LogP contribution < -0.4 is 0 Å². The molecule has 0 aromatic carbocycles. The van der Waals surface area contributed by atoms with E-state index in [0.717, 1.165) is 37.0 Å². The highest BCUT2D eigenvalue weighted by Gasteiger charge is 2.21. The number of carbonyl (C=O) groups is 1. The van der Waals surface area contributed by atoms with E-state index in [4.69, 9.17) is 4.74 Å². The van der Waals surface area contributed by atoms with Crippen molar-refractivity contribution in [3.63, 3.8) is 0 Å². The van der Waals surface area contributed by atoms with Crippen molar-refractivity contribution in [2.24, 2.45) is 0 Å². The van der Waals surface area contributed by atoms with Crippen LogP contribution in [0, 0.1) is 0 Å². The van der Waals surface area contributed by atoms with Crippen LogP contribution in [0.3, 0.4) is 0 Å². The van der Waals surface area contributed by atoms with Crippen molar-refractivity contribution in [1.82, 2.24) is 19.4 Å². The lowest BCUT2D eigenvalue weighted by atomic mass is 10.1. The fraction of sp³-hybridized carbons (Fsp3) is 0.650. The van der Waals surface area contributed by atoms with E-state index < -0.39 is 0 Å². The molecule has 2 aromatic rings. The van der Waals surface area contributed by atoms with Crippen LogP contribution in [-0.4, -0.2) is 51.6 Å². The number of hydrogen-bond acceptors (Lipinski definition) is 4. The molecule has 1 amide bonds. The molecule has 3 heterocycles. The second kappa shape index (κ2) is 7.74. The predicted octanol–water partition coefficient (Wildman–Crippen LogP) is 3.58. The van der Waals surface area contributed by atoms with Gasteiger partial charge in [0.15, 0.2) is 5.65 Å². The molecule has 1 aliphatic carbocycles. The average molecular weight is 356 g/mol. The molecule has 26 heavy (non-hydrogen) atoms. The fourth-order valence-electron chi connectivity index (χ4n) is 4.18. The van der Waals surface area contributed by atoms with Crippen molar-refractivity contribution >= 4 is 17.1 Å². The van der Waals surface area contributed by atoms with E-state index in [0.29, 0.717) is 24.3 Å². The van der Waals surface area contributed by atoms with Crippen LogP contribution in [0.2, 0.25) is 0 Å². The molecule has 0 N–H and O–H groups in total. The van der Waals surface area contributed by atoms with Crippen LogP contribution in [-0.2, 0) is 4.74 Å². The lowest BCUT2D eigenvalue weighted by molar-refractivity contribution is 0.00709. The molecule has 2 aromatic heterocycles. The van der Waals surface area contributed by atoms with Gasteiger partial charge in [-0.1, -0.05) is 12.8 Å². The highest BCUT2D eigenvalue weighted by molar-refractivity contribution is 5.96. The third-order valence-corrected chi connectivity index (χ3v) is 5.79. The summed E-state index contributed by atoms with van der Waals surface area (Å²) in [5.41, 5.74) is 2.32. The zero-order valence-electron chi connectivity index (χ0n) is 15.6. The van der Waals surface area contributed by atoms with Crippen molar-refractivity contribution in [1.29, 1.82) is 0 Å². The molecule has 0 bridgehead atoms. The molecular weight excluding hydrogens is 328 g/mol. The van der Waals surface area contributed by atoms with E-state index in [2.05, 4.69) is 14.5 Å². The summed E-state index contributed by atoms with van der Waals surface area (Å²) in [5, 5.41) is 0. The van der Waals surface area contributed by atoms with E-state index in [1.807, 2.05) is 19.4 Å². The highest BCUT2D eigenvalue weighted by atomic mass is 16.5. The Kier molecular flexibility index (Phi) is 5.20. The number of pyridine rings is 1. The Labute approximate surface area is 154 Å². The van der Waals surface area contributed by atoms with Crippen molar-refractivity contribution in [3.05, 3.63) is 24.2 Å². The molecule has 1 atom stereocenters. The van der Waals surface area contributed by atoms with Crippen molar-refractivity contribution in [2.45, 2.75) is 63.5 Å². The second-order valence-corrected chi connectivity index (χ2v) is 7.66. The van der Waals surface area contributed by atoms with E-state index >= 15 is 0 Å². The van der Waals surface area contributed by atoms with Gasteiger partial charge < -0.3 is 14.2 Å². The van der Waals surface area contributed by atoms with Gasteiger partial charge in [-0.2, -0.15) is 0 Å². The number of fused-ring (bicyclic) bond motifs is 1. The largest absolute Gasteiger partial charge is 0.378 e. The molecule has 2 fully saturated rings. The van der Waals surface area contributed by atoms with Crippen LogP contribution in [0.15, 0.2) is 18.6 Å². The maximum absolute atomic E-state index is 12.7. The Bertz CT molecular complexity index is 760. The normalized spacial score (nSPS) is 21.3. The molecule has 1 aliphatic heterocycles. The van der Waals surface area contributed by atoms with Crippen molar-refractivity contribution < 1.29 is 9.53 Å². The first-order chi connectivity index (χ1) is 12.7.